The van der Waals surface area contributed by atoms with Crippen LogP contribution in [-0.4, -0.2) is 22.9 Å². The van der Waals surface area contributed by atoms with Crippen LogP contribution in [0.4, 0.5) is 0 Å². The molecule has 1 fully saturated rings. The van der Waals surface area contributed by atoms with E-state index in [2.05, 4.69) is 6.92 Å². The van der Waals surface area contributed by atoms with Crippen molar-refractivity contribution in [3.8, 4) is 0 Å². The van der Waals surface area contributed by atoms with Gasteiger partial charge in [-0.2, -0.15) is 0 Å². The van der Waals surface area contributed by atoms with Crippen molar-refractivity contribution in [3.05, 3.63) is 0 Å². The van der Waals surface area contributed by atoms with Crippen molar-refractivity contribution < 1.29 is 10.2 Å². The molecule has 3 atom stereocenters. The molecule has 0 heterocycles. The molecule has 2 nitrogen and oxygen atoms in total. The third-order valence-corrected chi connectivity index (χ3v) is 2.52. The zero-order valence-corrected chi connectivity index (χ0v) is 6.45. The number of hydrogen-bond acceptors (Lipinski definition) is 2. The average molecular weight is 144 g/mol. The monoisotopic (exact) mass is 144 g/mol. The van der Waals surface area contributed by atoms with E-state index in [4.69, 9.17) is 5.11 Å². The molecule has 10 heavy (non-hydrogen) atoms. The Morgan fingerprint density at radius 1 is 1.40 bits per heavy atom. The highest BCUT2D eigenvalue weighted by molar-refractivity contribution is 4.76. The van der Waals surface area contributed by atoms with Crippen LogP contribution in [0.5, 0.6) is 0 Å². The highest BCUT2D eigenvalue weighted by Gasteiger charge is 2.24. The van der Waals surface area contributed by atoms with Crippen molar-refractivity contribution in [2.45, 2.75) is 32.3 Å². The summed E-state index contributed by atoms with van der Waals surface area (Å²) in [7, 11) is 0. The normalized spacial score (nSPS) is 41.7. The summed E-state index contributed by atoms with van der Waals surface area (Å²) in [5.41, 5.74) is 0. The van der Waals surface area contributed by atoms with Gasteiger partial charge in [-0.25, -0.2) is 0 Å². The lowest BCUT2D eigenvalue weighted by Crippen LogP contribution is -2.28. The fourth-order valence-electron chi connectivity index (χ4n) is 1.55. The fourth-order valence-corrected chi connectivity index (χ4v) is 1.55. The highest BCUT2D eigenvalue weighted by Crippen LogP contribution is 2.27. The lowest BCUT2D eigenvalue weighted by molar-refractivity contribution is 0.0356. The first-order chi connectivity index (χ1) is 4.74. The van der Waals surface area contributed by atoms with Crippen LogP contribution in [0, 0.1) is 11.8 Å². The molecule has 60 valence electrons. The SMILES string of the molecule is CC1CCC(CO)CC1O. The summed E-state index contributed by atoms with van der Waals surface area (Å²) >= 11 is 0. The summed E-state index contributed by atoms with van der Waals surface area (Å²) < 4.78 is 0. The smallest absolute Gasteiger partial charge is 0.0569 e. The van der Waals surface area contributed by atoms with E-state index in [9.17, 15) is 5.11 Å². The molecule has 0 bridgehead atoms. The Morgan fingerprint density at radius 2 is 2.10 bits per heavy atom. The van der Waals surface area contributed by atoms with Gasteiger partial charge in [-0.3, -0.25) is 0 Å². The summed E-state index contributed by atoms with van der Waals surface area (Å²) in [5, 5.41) is 18.2. The standard InChI is InChI=1S/C8H16O2/c1-6-2-3-7(5-9)4-8(6)10/h6-10H,2-5H2,1H3. The van der Waals surface area contributed by atoms with Gasteiger partial charge in [-0.15, -0.1) is 0 Å². The summed E-state index contributed by atoms with van der Waals surface area (Å²) in [4.78, 5) is 0. The van der Waals surface area contributed by atoms with Crippen LogP contribution in [0.15, 0.2) is 0 Å². The third kappa shape index (κ3) is 1.70. The second-order valence-corrected chi connectivity index (χ2v) is 3.41. The van der Waals surface area contributed by atoms with Crippen LogP contribution >= 0.6 is 0 Å². The van der Waals surface area contributed by atoms with Gasteiger partial charge >= 0.3 is 0 Å². The molecule has 0 saturated heterocycles. The zero-order valence-electron chi connectivity index (χ0n) is 6.45. The van der Waals surface area contributed by atoms with Gasteiger partial charge < -0.3 is 10.2 Å². The molecule has 0 aromatic carbocycles. The Kier molecular flexibility index (Phi) is 2.69. The summed E-state index contributed by atoms with van der Waals surface area (Å²) in [6.07, 6.45) is 2.75. The third-order valence-electron chi connectivity index (χ3n) is 2.52. The predicted octanol–water partition coefficient (Wildman–Crippen LogP) is 0.776. The number of rotatable bonds is 1. The second-order valence-electron chi connectivity index (χ2n) is 3.41. The Bertz CT molecular complexity index is 103. The van der Waals surface area contributed by atoms with Gasteiger partial charge in [0.25, 0.3) is 0 Å². The molecular formula is C8H16O2. The van der Waals surface area contributed by atoms with E-state index in [0.29, 0.717) is 11.8 Å². The molecular weight excluding hydrogens is 128 g/mol. The number of aliphatic hydroxyl groups excluding tert-OH is 2. The summed E-state index contributed by atoms with van der Waals surface area (Å²) in [5.74, 6) is 0.786. The van der Waals surface area contributed by atoms with E-state index in [1.165, 1.54) is 0 Å². The molecule has 0 radical (unpaired) electrons. The summed E-state index contributed by atoms with van der Waals surface area (Å²) in [6, 6.07) is 0. The molecule has 1 saturated carbocycles. The molecule has 0 amide bonds. The van der Waals surface area contributed by atoms with E-state index in [1.807, 2.05) is 0 Å². The van der Waals surface area contributed by atoms with Crippen molar-refractivity contribution in [2.24, 2.45) is 11.8 Å². The Hall–Kier alpha value is -0.0800. The molecule has 0 aromatic rings. The van der Waals surface area contributed by atoms with Crippen molar-refractivity contribution in [2.75, 3.05) is 6.61 Å². The van der Waals surface area contributed by atoms with Crippen LogP contribution in [-0.2, 0) is 0 Å². The van der Waals surface area contributed by atoms with Gasteiger partial charge in [0.15, 0.2) is 0 Å². The molecule has 0 aromatic heterocycles. The largest absolute Gasteiger partial charge is 0.396 e. The van der Waals surface area contributed by atoms with E-state index < -0.39 is 0 Å². The minimum Gasteiger partial charge on any atom is -0.396 e. The molecule has 2 heteroatoms. The zero-order chi connectivity index (χ0) is 7.56. The minimum atomic E-state index is -0.175. The second kappa shape index (κ2) is 3.35. The first-order valence-electron chi connectivity index (χ1n) is 4.03. The first-order valence-corrected chi connectivity index (χ1v) is 4.03. The average Bonchev–Trinajstić information content (AvgIpc) is 1.95. The van der Waals surface area contributed by atoms with E-state index in [0.717, 1.165) is 19.3 Å². The van der Waals surface area contributed by atoms with E-state index in [1.54, 1.807) is 0 Å². The minimum absolute atomic E-state index is 0.175. The Balaban J connectivity index is 2.33. The molecule has 2 N–H and O–H groups in total. The van der Waals surface area contributed by atoms with Gasteiger partial charge in [0.2, 0.25) is 0 Å². The van der Waals surface area contributed by atoms with Crippen molar-refractivity contribution in [1.29, 1.82) is 0 Å². The van der Waals surface area contributed by atoms with Crippen LogP contribution in [0.3, 0.4) is 0 Å². The summed E-state index contributed by atoms with van der Waals surface area (Å²) in [6.45, 7) is 2.31. The Labute approximate surface area is 61.9 Å². The Morgan fingerprint density at radius 3 is 2.60 bits per heavy atom. The lowest BCUT2D eigenvalue weighted by Gasteiger charge is -2.29. The molecule has 1 aliphatic rings. The van der Waals surface area contributed by atoms with Crippen molar-refractivity contribution in [3.63, 3.8) is 0 Å². The van der Waals surface area contributed by atoms with E-state index in [-0.39, 0.29) is 12.7 Å². The number of aliphatic hydroxyl groups is 2. The quantitative estimate of drug-likeness (QED) is 0.571. The van der Waals surface area contributed by atoms with Gasteiger partial charge in [-0.05, 0) is 31.1 Å². The highest BCUT2D eigenvalue weighted by atomic mass is 16.3. The van der Waals surface area contributed by atoms with Crippen LogP contribution in [0.25, 0.3) is 0 Å². The maximum absolute atomic E-state index is 9.37. The van der Waals surface area contributed by atoms with Crippen molar-refractivity contribution in [1.82, 2.24) is 0 Å². The van der Waals surface area contributed by atoms with Gasteiger partial charge in [0.1, 0.15) is 0 Å². The van der Waals surface area contributed by atoms with Crippen LogP contribution in [0.1, 0.15) is 26.2 Å². The molecule has 0 spiro atoms. The van der Waals surface area contributed by atoms with Gasteiger partial charge in [0.05, 0.1) is 6.10 Å². The van der Waals surface area contributed by atoms with E-state index >= 15 is 0 Å². The van der Waals surface area contributed by atoms with Crippen molar-refractivity contribution >= 4 is 0 Å². The predicted molar refractivity (Wildman–Crippen MR) is 39.6 cm³/mol. The lowest BCUT2D eigenvalue weighted by atomic mass is 9.81. The molecule has 1 aliphatic carbocycles. The molecule has 3 unspecified atom stereocenters. The topological polar surface area (TPSA) is 40.5 Å². The van der Waals surface area contributed by atoms with Gasteiger partial charge in [-0.1, -0.05) is 6.92 Å². The van der Waals surface area contributed by atoms with Crippen LogP contribution in [0.2, 0.25) is 0 Å². The van der Waals surface area contributed by atoms with Crippen LogP contribution < -0.4 is 0 Å². The molecule has 0 aliphatic heterocycles. The van der Waals surface area contributed by atoms with Gasteiger partial charge in [0, 0.05) is 6.61 Å². The molecule has 1 rings (SSSR count). The first kappa shape index (κ1) is 8.02. The maximum Gasteiger partial charge on any atom is 0.0569 e. The fraction of sp³-hybridized carbons (Fsp3) is 1.00. The number of hydrogen-bond donors (Lipinski definition) is 2. The maximum atomic E-state index is 9.37.